The molecule has 0 aliphatic rings. The molecule has 0 fully saturated rings. The van der Waals surface area contributed by atoms with Crippen LogP contribution in [-0.4, -0.2) is 6.54 Å². The summed E-state index contributed by atoms with van der Waals surface area (Å²) in [5.74, 6) is 0. The molecule has 2 rings (SSSR count). The summed E-state index contributed by atoms with van der Waals surface area (Å²) in [6.07, 6.45) is 5.35. The molecule has 19 heavy (non-hydrogen) atoms. The van der Waals surface area contributed by atoms with Crippen LogP contribution in [0, 0.1) is 0 Å². The third kappa shape index (κ3) is 4.00. The molecule has 1 aromatic carbocycles. The van der Waals surface area contributed by atoms with Crippen molar-refractivity contribution >= 4 is 23.2 Å². The Labute approximate surface area is 123 Å². The predicted octanol–water partition coefficient (Wildman–Crippen LogP) is 4.87. The third-order valence-corrected chi connectivity index (χ3v) is 3.57. The third-order valence-electron chi connectivity index (χ3n) is 2.99. The van der Waals surface area contributed by atoms with Crippen LogP contribution in [0.1, 0.15) is 30.5 Å². The Balaban J connectivity index is 2.23. The summed E-state index contributed by atoms with van der Waals surface area (Å²) in [4.78, 5) is 0. The van der Waals surface area contributed by atoms with Gasteiger partial charge in [-0.25, -0.2) is 0 Å². The van der Waals surface area contributed by atoms with Crippen molar-refractivity contribution in [2.24, 2.45) is 0 Å². The molecular formula is C15H17Cl2NO. The van der Waals surface area contributed by atoms with Gasteiger partial charge in [0.25, 0.3) is 0 Å². The molecule has 0 amide bonds. The quantitative estimate of drug-likeness (QED) is 0.823. The Morgan fingerprint density at radius 2 is 2.11 bits per heavy atom. The molecule has 0 aliphatic carbocycles. The maximum Gasteiger partial charge on any atom is 0.0935 e. The number of halogens is 2. The highest BCUT2D eigenvalue weighted by atomic mass is 35.5. The molecule has 0 radical (unpaired) electrons. The summed E-state index contributed by atoms with van der Waals surface area (Å²) < 4.78 is 5.12. The fraction of sp³-hybridized carbons (Fsp3) is 0.333. The van der Waals surface area contributed by atoms with E-state index < -0.39 is 0 Å². The number of benzene rings is 1. The highest BCUT2D eigenvalue weighted by Crippen LogP contribution is 2.28. The first-order chi connectivity index (χ1) is 9.20. The first-order valence-corrected chi connectivity index (χ1v) is 7.15. The number of rotatable bonds is 6. The molecule has 2 aromatic rings. The lowest BCUT2D eigenvalue weighted by Gasteiger charge is -2.20. The van der Waals surface area contributed by atoms with Gasteiger partial charge in [-0.15, -0.1) is 0 Å². The monoisotopic (exact) mass is 297 g/mol. The second-order valence-electron chi connectivity index (χ2n) is 4.51. The Kier molecular flexibility index (Phi) is 5.32. The smallest absolute Gasteiger partial charge is 0.0935 e. The van der Waals surface area contributed by atoms with E-state index >= 15 is 0 Å². The topological polar surface area (TPSA) is 25.2 Å². The van der Waals surface area contributed by atoms with Crippen LogP contribution in [0.15, 0.2) is 41.2 Å². The van der Waals surface area contributed by atoms with Crippen LogP contribution < -0.4 is 5.32 Å². The lowest BCUT2D eigenvalue weighted by molar-refractivity contribution is 0.520. The van der Waals surface area contributed by atoms with Gasteiger partial charge < -0.3 is 9.73 Å². The van der Waals surface area contributed by atoms with E-state index in [9.17, 15) is 0 Å². The van der Waals surface area contributed by atoms with E-state index in [0.29, 0.717) is 5.02 Å². The van der Waals surface area contributed by atoms with Crippen molar-refractivity contribution in [3.8, 4) is 0 Å². The predicted molar refractivity (Wildman–Crippen MR) is 79.9 cm³/mol. The molecule has 4 heteroatoms. The van der Waals surface area contributed by atoms with Gasteiger partial charge in [-0.3, -0.25) is 0 Å². The molecule has 1 unspecified atom stereocenters. The lowest BCUT2D eigenvalue weighted by atomic mass is 10.00. The number of furan rings is 1. The van der Waals surface area contributed by atoms with E-state index in [1.807, 2.05) is 24.3 Å². The molecular weight excluding hydrogens is 281 g/mol. The van der Waals surface area contributed by atoms with E-state index in [1.54, 1.807) is 12.5 Å². The van der Waals surface area contributed by atoms with Crippen LogP contribution >= 0.6 is 23.2 Å². The van der Waals surface area contributed by atoms with Gasteiger partial charge in [0, 0.05) is 16.1 Å². The summed E-state index contributed by atoms with van der Waals surface area (Å²) in [6, 6.07) is 7.69. The maximum absolute atomic E-state index is 6.29. The largest absolute Gasteiger partial charge is 0.472 e. The standard InChI is InChI=1S/C15H17Cl2NO/c1-2-6-18-15(8-11-5-7-19-10-11)13-9-12(16)3-4-14(13)17/h3-5,7,9-10,15,18H,2,6,8H2,1H3. The minimum absolute atomic E-state index is 0.142. The number of hydrogen-bond acceptors (Lipinski definition) is 2. The van der Waals surface area contributed by atoms with Crippen molar-refractivity contribution < 1.29 is 4.42 Å². The summed E-state index contributed by atoms with van der Waals surface area (Å²) in [7, 11) is 0. The van der Waals surface area contributed by atoms with Gasteiger partial charge in [-0.05, 0) is 54.8 Å². The van der Waals surface area contributed by atoms with Crippen LogP contribution in [0.25, 0.3) is 0 Å². The molecule has 1 atom stereocenters. The number of hydrogen-bond donors (Lipinski definition) is 1. The zero-order valence-corrected chi connectivity index (χ0v) is 12.3. The Bertz CT molecular complexity index is 511. The first-order valence-electron chi connectivity index (χ1n) is 6.40. The molecule has 1 heterocycles. The normalized spacial score (nSPS) is 12.6. The minimum Gasteiger partial charge on any atom is -0.472 e. The highest BCUT2D eigenvalue weighted by molar-refractivity contribution is 6.33. The van der Waals surface area contributed by atoms with Crippen molar-refractivity contribution in [1.29, 1.82) is 0 Å². The van der Waals surface area contributed by atoms with Crippen molar-refractivity contribution in [3.63, 3.8) is 0 Å². The highest BCUT2D eigenvalue weighted by Gasteiger charge is 2.15. The molecule has 0 aliphatic heterocycles. The van der Waals surface area contributed by atoms with Gasteiger partial charge in [0.2, 0.25) is 0 Å². The summed E-state index contributed by atoms with van der Waals surface area (Å²) >= 11 is 12.4. The van der Waals surface area contributed by atoms with E-state index in [0.717, 1.165) is 35.5 Å². The molecule has 2 nitrogen and oxygen atoms in total. The van der Waals surface area contributed by atoms with Crippen molar-refractivity contribution in [2.45, 2.75) is 25.8 Å². The van der Waals surface area contributed by atoms with E-state index in [4.69, 9.17) is 27.6 Å². The van der Waals surface area contributed by atoms with Gasteiger partial charge in [0.1, 0.15) is 0 Å². The minimum atomic E-state index is 0.142. The molecule has 0 saturated carbocycles. The van der Waals surface area contributed by atoms with Gasteiger partial charge in [-0.1, -0.05) is 30.1 Å². The van der Waals surface area contributed by atoms with Gasteiger partial charge in [-0.2, -0.15) is 0 Å². The van der Waals surface area contributed by atoms with Gasteiger partial charge in [0.15, 0.2) is 0 Å². The molecule has 0 spiro atoms. The fourth-order valence-electron chi connectivity index (χ4n) is 2.04. The molecule has 0 bridgehead atoms. The zero-order chi connectivity index (χ0) is 13.7. The Morgan fingerprint density at radius 1 is 1.26 bits per heavy atom. The van der Waals surface area contributed by atoms with Crippen LogP contribution in [0.2, 0.25) is 10.0 Å². The van der Waals surface area contributed by atoms with Crippen molar-refractivity contribution in [3.05, 3.63) is 58.0 Å². The average molecular weight is 298 g/mol. The Morgan fingerprint density at radius 3 is 2.79 bits per heavy atom. The summed E-state index contributed by atoms with van der Waals surface area (Å²) in [6.45, 7) is 3.08. The van der Waals surface area contributed by atoms with E-state index in [-0.39, 0.29) is 6.04 Å². The van der Waals surface area contributed by atoms with Gasteiger partial charge >= 0.3 is 0 Å². The molecule has 102 valence electrons. The van der Waals surface area contributed by atoms with Crippen molar-refractivity contribution in [2.75, 3.05) is 6.54 Å². The number of nitrogens with one attached hydrogen (secondary N) is 1. The molecule has 1 N–H and O–H groups in total. The molecule has 0 saturated heterocycles. The van der Waals surface area contributed by atoms with E-state index in [2.05, 4.69) is 12.2 Å². The molecule has 1 aromatic heterocycles. The second-order valence-corrected chi connectivity index (χ2v) is 5.35. The maximum atomic E-state index is 6.29. The second kappa shape index (κ2) is 6.99. The van der Waals surface area contributed by atoms with Crippen molar-refractivity contribution in [1.82, 2.24) is 5.32 Å². The van der Waals surface area contributed by atoms with E-state index in [1.165, 1.54) is 0 Å². The summed E-state index contributed by atoms with van der Waals surface area (Å²) in [5.41, 5.74) is 2.17. The fourth-order valence-corrected chi connectivity index (χ4v) is 2.47. The first kappa shape index (κ1) is 14.4. The average Bonchev–Trinajstić information content (AvgIpc) is 2.90. The lowest BCUT2D eigenvalue weighted by Crippen LogP contribution is -2.24. The van der Waals surface area contributed by atoms with Crippen LogP contribution in [0.3, 0.4) is 0 Å². The Hall–Kier alpha value is -0.960. The zero-order valence-electron chi connectivity index (χ0n) is 10.8. The van der Waals surface area contributed by atoms with Crippen LogP contribution in [0.4, 0.5) is 0 Å². The van der Waals surface area contributed by atoms with Crippen LogP contribution in [0.5, 0.6) is 0 Å². The van der Waals surface area contributed by atoms with Crippen LogP contribution in [-0.2, 0) is 6.42 Å². The summed E-state index contributed by atoms with van der Waals surface area (Å²) in [5, 5.41) is 4.95. The van der Waals surface area contributed by atoms with Gasteiger partial charge in [0.05, 0.1) is 12.5 Å². The SMILES string of the molecule is CCCNC(Cc1ccoc1)c1cc(Cl)ccc1Cl.